The highest BCUT2D eigenvalue weighted by atomic mass is 19.1. The van der Waals surface area contributed by atoms with E-state index in [2.05, 4.69) is 25.7 Å². The van der Waals surface area contributed by atoms with Gasteiger partial charge in [0.05, 0.1) is 18.8 Å². The lowest BCUT2D eigenvalue weighted by Gasteiger charge is -2.05. The van der Waals surface area contributed by atoms with Crippen molar-refractivity contribution in [3.05, 3.63) is 82.0 Å². The zero-order valence-electron chi connectivity index (χ0n) is 16.4. The van der Waals surface area contributed by atoms with Crippen LogP contribution in [0, 0.1) is 5.82 Å². The Morgan fingerprint density at radius 2 is 1.80 bits per heavy atom. The number of halogens is 1. The van der Waals surface area contributed by atoms with Crippen molar-refractivity contribution in [1.29, 1.82) is 0 Å². The molecule has 0 atom stereocenters. The highest BCUT2D eigenvalue weighted by Gasteiger charge is 2.08. The van der Waals surface area contributed by atoms with Gasteiger partial charge in [0.15, 0.2) is 0 Å². The number of hydrogen-bond acceptors (Lipinski definition) is 6. The molecule has 2 aromatic carbocycles. The fourth-order valence-electron chi connectivity index (χ4n) is 2.91. The Kier molecular flexibility index (Phi) is 5.60. The molecule has 0 fully saturated rings. The van der Waals surface area contributed by atoms with Crippen LogP contribution in [0.3, 0.4) is 0 Å². The third-order valence-corrected chi connectivity index (χ3v) is 4.40. The molecule has 2 heterocycles. The summed E-state index contributed by atoms with van der Waals surface area (Å²) < 4.78 is 19.7. The minimum absolute atomic E-state index is 0.266. The van der Waals surface area contributed by atoms with Gasteiger partial charge in [-0.3, -0.25) is 9.89 Å². The van der Waals surface area contributed by atoms with E-state index in [9.17, 15) is 9.18 Å². The smallest absolute Gasteiger partial charge is 0.274 e. The van der Waals surface area contributed by atoms with Crippen molar-refractivity contribution in [2.24, 2.45) is 0 Å². The molecule has 8 nitrogen and oxygen atoms in total. The zero-order valence-corrected chi connectivity index (χ0v) is 16.4. The number of nitrogens with one attached hydrogen (secondary N) is 3. The van der Waals surface area contributed by atoms with E-state index >= 15 is 0 Å². The van der Waals surface area contributed by atoms with Crippen LogP contribution in [0.15, 0.2) is 59.4 Å². The number of benzene rings is 2. The molecule has 154 valence electrons. The average Bonchev–Trinajstić information content (AvgIpc) is 3.17. The van der Waals surface area contributed by atoms with E-state index in [0.29, 0.717) is 31.3 Å². The normalized spacial score (nSPS) is 10.9. The highest BCUT2D eigenvalue weighted by Crippen LogP contribution is 2.13. The number of fused-ring (bicyclic) bond motifs is 1. The summed E-state index contributed by atoms with van der Waals surface area (Å²) >= 11 is 0. The molecular formula is C21H21FN6O2. The van der Waals surface area contributed by atoms with E-state index in [1.54, 1.807) is 12.1 Å². The maximum Gasteiger partial charge on any atom is 0.274 e. The Morgan fingerprint density at radius 1 is 1.03 bits per heavy atom. The highest BCUT2D eigenvalue weighted by molar-refractivity contribution is 5.44. The third kappa shape index (κ3) is 4.57. The van der Waals surface area contributed by atoms with Crippen molar-refractivity contribution >= 4 is 17.4 Å². The Labute approximate surface area is 171 Å². The first kappa shape index (κ1) is 19.4. The maximum atomic E-state index is 13.0. The molecule has 2 aromatic heterocycles. The standard InChI is InChI=1S/C21H21FN6O2/c1-2-30-18-9-3-14(4-10-18)12-24-20-26-21-25-17(11-19(29)28(21)27-20)13-23-16-7-5-15(22)6-8-16/h3-11,23H,2,12-13H2,1H3,(H2,24,25,26,27). The van der Waals surface area contributed by atoms with Crippen molar-refractivity contribution < 1.29 is 9.13 Å². The summed E-state index contributed by atoms with van der Waals surface area (Å²) in [5.74, 6) is 1.23. The lowest BCUT2D eigenvalue weighted by Crippen LogP contribution is -2.17. The monoisotopic (exact) mass is 408 g/mol. The van der Waals surface area contributed by atoms with Crippen LogP contribution in [0.5, 0.6) is 5.75 Å². The first-order valence-electron chi connectivity index (χ1n) is 9.54. The minimum Gasteiger partial charge on any atom is -0.494 e. The van der Waals surface area contributed by atoms with Gasteiger partial charge in [-0.05, 0) is 48.9 Å². The van der Waals surface area contributed by atoms with Crippen LogP contribution in [0.1, 0.15) is 18.2 Å². The zero-order chi connectivity index (χ0) is 20.9. The first-order chi connectivity index (χ1) is 14.6. The lowest BCUT2D eigenvalue weighted by molar-refractivity contribution is 0.340. The number of H-pyrrole nitrogens is 1. The Balaban J connectivity index is 1.43. The Morgan fingerprint density at radius 3 is 2.53 bits per heavy atom. The molecule has 0 bridgehead atoms. The summed E-state index contributed by atoms with van der Waals surface area (Å²) in [6.07, 6.45) is 0. The summed E-state index contributed by atoms with van der Waals surface area (Å²) in [5, 5.41) is 9.16. The van der Waals surface area contributed by atoms with E-state index in [4.69, 9.17) is 4.74 Å². The van der Waals surface area contributed by atoms with Gasteiger partial charge in [-0.2, -0.15) is 9.50 Å². The summed E-state index contributed by atoms with van der Waals surface area (Å²) in [6, 6.07) is 15.1. The molecule has 0 aliphatic carbocycles. The second kappa shape index (κ2) is 8.64. The fraction of sp³-hybridized carbons (Fsp3) is 0.190. The molecule has 0 spiro atoms. The van der Waals surface area contributed by atoms with Gasteiger partial charge in [0.1, 0.15) is 11.6 Å². The predicted molar refractivity (Wildman–Crippen MR) is 112 cm³/mol. The fourth-order valence-corrected chi connectivity index (χ4v) is 2.91. The van der Waals surface area contributed by atoms with Gasteiger partial charge < -0.3 is 15.4 Å². The molecule has 0 amide bonds. The number of aromatic amines is 1. The van der Waals surface area contributed by atoms with Crippen LogP contribution in [0.4, 0.5) is 16.0 Å². The van der Waals surface area contributed by atoms with Gasteiger partial charge in [0.25, 0.3) is 11.3 Å². The Hall–Kier alpha value is -3.88. The van der Waals surface area contributed by atoms with Crippen LogP contribution >= 0.6 is 0 Å². The van der Waals surface area contributed by atoms with Crippen molar-refractivity contribution in [3.63, 3.8) is 0 Å². The number of ether oxygens (including phenoxy) is 1. The number of hydrogen-bond donors (Lipinski definition) is 3. The van der Waals surface area contributed by atoms with Gasteiger partial charge in [0, 0.05) is 18.3 Å². The molecule has 4 rings (SSSR count). The minimum atomic E-state index is -0.305. The van der Waals surface area contributed by atoms with Crippen molar-refractivity contribution in [1.82, 2.24) is 19.6 Å². The molecule has 0 saturated heterocycles. The molecule has 0 radical (unpaired) electrons. The van der Waals surface area contributed by atoms with E-state index in [-0.39, 0.29) is 17.2 Å². The van der Waals surface area contributed by atoms with E-state index < -0.39 is 0 Å². The first-order valence-corrected chi connectivity index (χ1v) is 9.54. The van der Waals surface area contributed by atoms with Gasteiger partial charge in [-0.15, -0.1) is 0 Å². The topological polar surface area (TPSA) is 96.3 Å². The van der Waals surface area contributed by atoms with Crippen LogP contribution in [0.2, 0.25) is 0 Å². The van der Waals surface area contributed by atoms with Crippen LogP contribution < -0.4 is 20.9 Å². The van der Waals surface area contributed by atoms with Crippen molar-refractivity contribution in [2.75, 3.05) is 17.2 Å². The van der Waals surface area contributed by atoms with Gasteiger partial charge in [-0.1, -0.05) is 12.1 Å². The summed E-state index contributed by atoms with van der Waals surface area (Å²) in [4.78, 5) is 21.1. The molecule has 0 unspecified atom stereocenters. The van der Waals surface area contributed by atoms with Crippen molar-refractivity contribution in [3.8, 4) is 5.75 Å². The van der Waals surface area contributed by atoms with Crippen LogP contribution in [-0.4, -0.2) is 26.2 Å². The van der Waals surface area contributed by atoms with E-state index in [1.807, 2.05) is 31.2 Å². The average molecular weight is 408 g/mol. The molecule has 0 aliphatic rings. The second-order valence-corrected chi connectivity index (χ2v) is 6.58. The summed E-state index contributed by atoms with van der Waals surface area (Å²) in [6.45, 7) is 3.41. The van der Waals surface area contributed by atoms with Gasteiger partial charge in [-0.25, -0.2) is 9.37 Å². The second-order valence-electron chi connectivity index (χ2n) is 6.58. The Bertz CT molecular complexity index is 1190. The van der Waals surface area contributed by atoms with E-state index in [0.717, 1.165) is 17.0 Å². The molecule has 30 heavy (non-hydrogen) atoms. The molecule has 3 N–H and O–H groups in total. The molecule has 9 heteroatoms. The van der Waals surface area contributed by atoms with Crippen LogP contribution in [0.25, 0.3) is 5.78 Å². The number of aromatic nitrogens is 4. The number of anilines is 2. The largest absolute Gasteiger partial charge is 0.494 e. The SMILES string of the molecule is CCOc1ccc(CNc2nc3nc(CNc4ccc(F)cc4)cc(=O)n3[nH]2)cc1. The molecule has 4 aromatic rings. The number of rotatable bonds is 8. The summed E-state index contributed by atoms with van der Waals surface area (Å²) in [5.41, 5.74) is 2.05. The van der Waals surface area contributed by atoms with E-state index in [1.165, 1.54) is 22.7 Å². The van der Waals surface area contributed by atoms with Crippen LogP contribution in [-0.2, 0) is 13.1 Å². The number of nitrogens with zero attached hydrogens (tertiary/aromatic N) is 3. The lowest BCUT2D eigenvalue weighted by atomic mass is 10.2. The predicted octanol–water partition coefficient (Wildman–Crippen LogP) is 3.18. The summed E-state index contributed by atoms with van der Waals surface area (Å²) in [7, 11) is 0. The quantitative estimate of drug-likeness (QED) is 0.414. The van der Waals surface area contributed by atoms with Gasteiger partial charge >= 0.3 is 0 Å². The van der Waals surface area contributed by atoms with Crippen molar-refractivity contribution in [2.45, 2.75) is 20.0 Å². The maximum absolute atomic E-state index is 13.0. The molecule has 0 saturated carbocycles. The third-order valence-electron chi connectivity index (χ3n) is 4.40. The molecule has 0 aliphatic heterocycles. The van der Waals surface area contributed by atoms with Gasteiger partial charge in [0.2, 0.25) is 5.95 Å². The molecular weight excluding hydrogens is 387 g/mol.